The summed E-state index contributed by atoms with van der Waals surface area (Å²) < 4.78 is 0. The van der Waals surface area contributed by atoms with Crippen LogP contribution in [-0.2, 0) is 11.3 Å². The molecule has 2 heterocycles. The van der Waals surface area contributed by atoms with Crippen molar-refractivity contribution >= 4 is 17.7 Å². The van der Waals surface area contributed by atoms with Gasteiger partial charge in [0, 0.05) is 32.2 Å². The Morgan fingerprint density at radius 2 is 1.69 bits per heavy atom. The maximum absolute atomic E-state index is 12.3. The van der Waals surface area contributed by atoms with Gasteiger partial charge in [0.2, 0.25) is 5.91 Å². The number of rotatable bonds is 4. The molecule has 0 aliphatic carbocycles. The van der Waals surface area contributed by atoms with Crippen LogP contribution in [0.5, 0.6) is 0 Å². The van der Waals surface area contributed by atoms with E-state index in [9.17, 15) is 14.7 Å². The fraction of sp³-hybridized carbons (Fsp3) is 0.462. The minimum Gasteiger partial charge on any atom is -0.465 e. The van der Waals surface area contributed by atoms with Crippen LogP contribution in [-0.4, -0.2) is 53.1 Å². The van der Waals surface area contributed by atoms with Gasteiger partial charge in [-0.15, -0.1) is 0 Å². The monoisotopic (exact) mass is 435 g/mol. The molecule has 2 aliphatic rings. The maximum atomic E-state index is 12.3. The number of nitrogens with zero attached hydrogens (tertiary/aromatic N) is 3. The molecule has 2 amide bonds. The van der Waals surface area contributed by atoms with Crippen LogP contribution in [0.25, 0.3) is 11.1 Å². The molecule has 0 saturated carbocycles. The van der Waals surface area contributed by atoms with Crippen molar-refractivity contribution in [2.75, 3.05) is 25.0 Å². The van der Waals surface area contributed by atoms with Crippen molar-refractivity contribution in [3.8, 4) is 11.1 Å². The summed E-state index contributed by atoms with van der Waals surface area (Å²) in [6.07, 6.45) is 3.53. The summed E-state index contributed by atoms with van der Waals surface area (Å²) in [7, 11) is 1.61. The first-order valence-electron chi connectivity index (χ1n) is 11.6. The van der Waals surface area contributed by atoms with Crippen LogP contribution in [0, 0.1) is 0 Å². The molecule has 0 unspecified atom stereocenters. The van der Waals surface area contributed by atoms with E-state index in [0.29, 0.717) is 6.42 Å². The van der Waals surface area contributed by atoms with Gasteiger partial charge in [-0.3, -0.25) is 9.69 Å². The van der Waals surface area contributed by atoms with Crippen LogP contribution in [0.15, 0.2) is 42.5 Å². The number of benzene rings is 2. The molecule has 2 aromatic rings. The third-order valence-corrected chi connectivity index (χ3v) is 6.90. The van der Waals surface area contributed by atoms with Crippen LogP contribution in [0.3, 0.4) is 0 Å². The summed E-state index contributed by atoms with van der Waals surface area (Å²) in [6, 6.07) is 14.4. The molecule has 170 valence electrons. The first kappa shape index (κ1) is 22.3. The van der Waals surface area contributed by atoms with Crippen molar-refractivity contribution in [2.24, 2.45) is 0 Å². The third kappa shape index (κ3) is 4.51. The minimum atomic E-state index is -0.961. The molecule has 2 atom stereocenters. The molecule has 1 saturated heterocycles. The van der Waals surface area contributed by atoms with Crippen molar-refractivity contribution < 1.29 is 14.7 Å². The summed E-state index contributed by atoms with van der Waals surface area (Å²) in [5, 5.41) is 9.61. The second-order valence-electron chi connectivity index (χ2n) is 9.19. The summed E-state index contributed by atoms with van der Waals surface area (Å²) in [6.45, 7) is 6.88. The molecule has 2 aliphatic heterocycles. The van der Waals surface area contributed by atoms with E-state index in [4.69, 9.17) is 0 Å². The number of hydrogen-bond donors (Lipinski definition) is 1. The van der Waals surface area contributed by atoms with Gasteiger partial charge in [-0.1, -0.05) is 36.8 Å². The van der Waals surface area contributed by atoms with E-state index in [1.54, 1.807) is 18.9 Å². The highest BCUT2D eigenvalue weighted by Crippen LogP contribution is 2.42. The van der Waals surface area contributed by atoms with Crippen molar-refractivity contribution in [3.05, 3.63) is 53.6 Å². The zero-order chi connectivity index (χ0) is 22.8. The summed E-state index contributed by atoms with van der Waals surface area (Å²) >= 11 is 0. The zero-order valence-corrected chi connectivity index (χ0v) is 19.3. The van der Waals surface area contributed by atoms with E-state index in [1.165, 1.54) is 42.8 Å². The number of carbonyl (C=O) groups excluding carboxylic acids is 1. The summed E-state index contributed by atoms with van der Waals surface area (Å²) in [5.74, 6) is -0.0232. The summed E-state index contributed by atoms with van der Waals surface area (Å²) in [4.78, 5) is 29.7. The quantitative estimate of drug-likeness (QED) is 0.723. The molecular formula is C26H33N3O3. The number of hydrogen-bond acceptors (Lipinski definition) is 3. The lowest BCUT2D eigenvalue weighted by molar-refractivity contribution is -0.117. The van der Waals surface area contributed by atoms with Crippen LogP contribution in [0.1, 0.15) is 56.7 Å². The molecule has 2 aromatic carbocycles. The van der Waals surface area contributed by atoms with E-state index >= 15 is 0 Å². The Labute approximate surface area is 190 Å². The number of piperidine rings is 1. The van der Waals surface area contributed by atoms with Crippen molar-refractivity contribution in [1.29, 1.82) is 0 Å². The van der Waals surface area contributed by atoms with Crippen LogP contribution in [0.2, 0.25) is 0 Å². The van der Waals surface area contributed by atoms with Crippen molar-refractivity contribution in [1.82, 2.24) is 9.80 Å². The molecule has 4 rings (SSSR count). The van der Waals surface area contributed by atoms with Gasteiger partial charge in [-0.2, -0.15) is 0 Å². The standard InChI is InChI=1S/C26H33N3O3/c1-18-15-25(27(3)26(31)32)23-16-22(11-12-24(23)29(18)19(2)30)21-9-7-20(8-10-21)17-28-13-5-4-6-14-28/h7-12,16,18,25H,4-6,13-15,17H2,1-3H3,(H,31,32)/t18-,25+/m1/s1. The Kier molecular flexibility index (Phi) is 6.51. The Hall–Kier alpha value is -2.86. The average molecular weight is 436 g/mol. The normalized spacial score (nSPS) is 21.2. The molecule has 0 bridgehead atoms. The average Bonchev–Trinajstić information content (AvgIpc) is 2.78. The van der Waals surface area contributed by atoms with Gasteiger partial charge in [-0.25, -0.2) is 4.79 Å². The predicted molar refractivity (Wildman–Crippen MR) is 127 cm³/mol. The van der Waals surface area contributed by atoms with E-state index in [-0.39, 0.29) is 18.0 Å². The van der Waals surface area contributed by atoms with Gasteiger partial charge in [-0.05, 0) is 73.7 Å². The molecule has 6 heteroatoms. The van der Waals surface area contributed by atoms with Gasteiger partial charge in [0.05, 0.1) is 6.04 Å². The lowest BCUT2D eigenvalue weighted by Crippen LogP contribution is -2.45. The van der Waals surface area contributed by atoms with Crippen LogP contribution in [0.4, 0.5) is 10.5 Å². The molecule has 32 heavy (non-hydrogen) atoms. The molecular weight excluding hydrogens is 402 g/mol. The number of amides is 2. The topological polar surface area (TPSA) is 64.1 Å². The lowest BCUT2D eigenvalue weighted by Gasteiger charge is -2.41. The number of carbonyl (C=O) groups is 2. The second kappa shape index (κ2) is 9.33. The first-order valence-corrected chi connectivity index (χ1v) is 11.6. The van der Waals surface area contributed by atoms with Crippen LogP contribution < -0.4 is 4.90 Å². The number of carboxylic acid groups (broad SMARTS) is 1. The molecule has 1 N–H and O–H groups in total. The Balaban J connectivity index is 1.64. The first-order chi connectivity index (χ1) is 15.3. The van der Waals surface area contributed by atoms with Crippen molar-refractivity contribution in [2.45, 2.75) is 58.2 Å². The smallest absolute Gasteiger partial charge is 0.407 e. The number of anilines is 1. The van der Waals surface area contributed by atoms with Gasteiger partial charge < -0.3 is 14.9 Å². The largest absolute Gasteiger partial charge is 0.465 e. The second-order valence-corrected chi connectivity index (χ2v) is 9.19. The molecule has 0 spiro atoms. The molecule has 0 aromatic heterocycles. The highest BCUT2D eigenvalue weighted by molar-refractivity contribution is 5.94. The van der Waals surface area contributed by atoms with E-state index < -0.39 is 6.09 Å². The molecule has 1 fully saturated rings. The highest BCUT2D eigenvalue weighted by Gasteiger charge is 2.36. The molecule has 6 nitrogen and oxygen atoms in total. The maximum Gasteiger partial charge on any atom is 0.407 e. The van der Waals surface area contributed by atoms with Gasteiger partial charge in [0.15, 0.2) is 0 Å². The predicted octanol–water partition coefficient (Wildman–Crippen LogP) is 5.14. The van der Waals surface area contributed by atoms with Gasteiger partial charge >= 0.3 is 6.09 Å². The number of likely N-dealkylation sites (tertiary alicyclic amines) is 1. The molecule has 0 radical (unpaired) electrons. The fourth-order valence-electron chi connectivity index (χ4n) is 5.17. The van der Waals surface area contributed by atoms with E-state index in [0.717, 1.165) is 28.9 Å². The van der Waals surface area contributed by atoms with E-state index in [1.807, 2.05) is 19.1 Å². The highest BCUT2D eigenvalue weighted by atomic mass is 16.4. The van der Waals surface area contributed by atoms with E-state index in [2.05, 4.69) is 35.2 Å². The Morgan fingerprint density at radius 3 is 2.31 bits per heavy atom. The Bertz CT molecular complexity index is 982. The number of fused-ring (bicyclic) bond motifs is 1. The van der Waals surface area contributed by atoms with Crippen LogP contribution >= 0.6 is 0 Å². The van der Waals surface area contributed by atoms with Crippen molar-refractivity contribution in [3.63, 3.8) is 0 Å². The fourth-order valence-corrected chi connectivity index (χ4v) is 5.17. The minimum absolute atomic E-state index is 0.0232. The zero-order valence-electron chi connectivity index (χ0n) is 19.3. The summed E-state index contributed by atoms with van der Waals surface area (Å²) in [5.41, 5.74) is 5.14. The van der Waals surface area contributed by atoms with Gasteiger partial charge in [0.1, 0.15) is 0 Å². The Morgan fingerprint density at radius 1 is 1.03 bits per heavy atom. The third-order valence-electron chi connectivity index (χ3n) is 6.90. The SMILES string of the molecule is CC(=O)N1c2ccc(-c3ccc(CN4CCCCC4)cc3)cc2[C@@H](N(C)C(=O)O)C[C@H]1C. The lowest BCUT2D eigenvalue weighted by atomic mass is 9.88. The van der Waals surface area contributed by atoms with Gasteiger partial charge in [0.25, 0.3) is 0 Å².